The Morgan fingerprint density at radius 1 is 1.56 bits per heavy atom. The van der Waals surface area contributed by atoms with E-state index in [1.165, 1.54) is 6.20 Å². The average molecular weight is 244 g/mol. The van der Waals surface area contributed by atoms with Crippen LogP contribution in [0.15, 0.2) is 18.3 Å². The molecule has 0 bridgehead atoms. The zero-order valence-electron chi connectivity index (χ0n) is 9.00. The van der Waals surface area contributed by atoms with E-state index in [1.54, 1.807) is 19.2 Å². The molecular formula is C10H14ClN3O2. The highest BCUT2D eigenvalue weighted by Crippen LogP contribution is 2.08. The number of ether oxygens (including phenoxy) is 1. The number of nitrogens with zero attached hydrogens (tertiary/aromatic N) is 1. The van der Waals surface area contributed by atoms with E-state index < -0.39 is 0 Å². The summed E-state index contributed by atoms with van der Waals surface area (Å²) < 4.78 is 4.81. The van der Waals surface area contributed by atoms with E-state index in [0.717, 1.165) is 0 Å². The van der Waals surface area contributed by atoms with Crippen LogP contribution in [0.2, 0.25) is 5.02 Å². The van der Waals surface area contributed by atoms with Crippen LogP contribution in [0.25, 0.3) is 0 Å². The third-order valence-electron chi connectivity index (χ3n) is 1.79. The first-order chi connectivity index (χ1) is 7.72. The Morgan fingerprint density at radius 3 is 3.00 bits per heavy atom. The van der Waals surface area contributed by atoms with Crippen molar-refractivity contribution in [2.75, 3.05) is 32.1 Å². The van der Waals surface area contributed by atoms with Crippen LogP contribution in [0, 0.1) is 0 Å². The summed E-state index contributed by atoms with van der Waals surface area (Å²) in [5.41, 5.74) is 0. The highest BCUT2D eigenvalue weighted by Gasteiger charge is 2.00. The first-order valence-electron chi connectivity index (χ1n) is 4.83. The normalized spacial score (nSPS) is 9.88. The van der Waals surface area contributed by atoms with E-state index in [0.29, 0.717) is 24.0 Å². The Balaban J connectivity index is 2.23. The average Bonchev–Trinajstić information content (AvgIpc) is 2.29. The maximum atomic E-state index is 11.3. The highest BCUT2D eigenvalue weighted by atomic mass is 35.5. The molecule has 0 radical (unpaired) electrons. The van der Waals surface area contributed by atoms with Gasteiger partial charge in [0, 0.05) is 19.9 Å². The SMILES string of the molecule is COCCNC(=O)CNc1ccc(Cl)cn1. The minimum Gasteiger partial charge on any atom is -0.383 e. The number of rotatable bonds is 6. The predicted molar refractivity (Wildman–Crippen MR) is 62.6 cm³/mol. The number of pyridine rings is 1. The van der Waals surface area contributed by atoms with Crippen molar-refractivity contribution in [1.29, 1.82) is 0 Å². The smallest absolute Gasteiger partial charge is 0.239 e. The molecule has 0 saturated heterocycles. The molecule has 1 rings (SSSR count). The van der Waals surface area contributed by atoms with Crippen LogP contribution >= 0.6 is 11.6 Å². The van der Waals surface area contributed by atoms with Gasteiger partial charge < -0.3 is 15.4 Å². The molecule has 0 saturated carbocycles. The van der Waals surface area contributed by atoms with Crippen molar-refractivity contribution >= 4 is 23.3 Å². The van der Waals surface area contributed by atoms with Crippen molar-refractivity contribution < 1.29 is 9.53 Å². The molecule has 2 N–H and O–H groups in total. The zero-order valence-corrected chi connectivity index (χ0v) is 9.75. The van der Waals surface area contributed by atoms with Crippen molar-refractivity contribution in [3.63, 3.8) is 0 Å². The lowest BCUT2D eigenvalue weighted by Crippen LogP contribution is -2.32. The summed E-state index contributed by atoms with van der Waals surface area (Å²) in [6, 6.07) is 3.42. The lowest BCUT2D eigenvalue weighted by Gasteiger charge is -2.06. The minimum absolute atomic E-state index is 0.103. The van der Waals surface area contributed by atoms with Gasteiger partial charge in [-0.05, 0) is 12.1 Å². The van der Waals surface area contributed by atoms with Crippen molar-refractivity contribution in [3.8, 4) is 0 Å². The third-order valence-corrected chi connectivity index (χ3v) is 2.01. The van der Waals surface area contributed by atoms with Crippen LogP contribution in [0.4, 0.5) is 5.82 Å². The summed E-state index contributed by atoms with van der Waals surface area (Å²) in [6.45, 7) is 1.19. The molecular weight excluding hydrogens is 230 g/mol. The van der Waals surface area contributed by atoms with Crippen LogP contribution in [-0.4, -0.2) is 37.7 Å². The summed E-state index contributed by atoms with van der Waals surface area (Å²) in [5.74, 6) is 0.514. The molecule has 0 aliphatic carbocycles. The van der Waals surface area contributed by atoms with Crippen LogP contribution in [0.5, 0.6) is 0 Å². The molecule has 1 aromatic heterocycles. The van der Waals surface area contributed by atoms with Crippen molar-refractivity contribution in [1.82, 2.24) is 10.3 Å². The highest BCUT2D eigenvalue weighted by molar-refractivity contribution is 6.30. The second-order valence-electron chi connectivity index (χ2n) is 3.06. The number of nitrogens with one attached hydrogen (secondary N) is 2. The number of aromatic nitrogens is 1. The third kappa shape index (κ3) is 4.95. The van der Waals surface area contributed by atoms with Crippen LogP contribution in [0.1, 0.15) is 0 Å². The fraction of sp³-hybridized carbons (Fsp3) is 0.400. The summed E-state index contributed by atoms with van der Waals surface area (Å²) in [5, 5.41) is 6.13. The molecule has 1 amide bonds. The van der Waals surface area contributed by atoms with E-state index in [9.17, 15) is 4.79 Å². The molecule has 6 heteroatoms. The molecule has 0 aromatic carbocycles. The largest absolute Gasteiger partial charge is 0.383 e. The van der Waals surface area contributed by atoms with E-state index in [2.05, 4.69) is 15.6 Å². The number of hydrogen-bond acceptors (Lipinski definition) is 4. The molecule has 1 heterocycles. The number of carbonyl (C=O) groups is 1. The van der Waals surface area contributed by atoms with Crippen LogP contribution in [-0.2, 0) is 9.53 Å². The second-order valence-corrected chi connectivity index (χ2v) is 3.49. The van der Waals surface area contributed by atoms with Gasteiger partial charge in [-0.25, -0.2) is 4.98 Å². The van der Waals surface area contributed by atoms with Gasteiger partial charge >= 0.3 is 0 Å². The fourth-order valence-corrected chi connectivity index (χ4v) is 1.12. The molecule has 16 heavy (non-hydrogen) atoms. The van der Waals surface area contributed by atoms with Crippen LogP contribution in [0.3, 0.4) is 0 Å². The Kier molecular flexibility index (Phi) is 5.60. The predicted octanol–water partition coefficient (Wildman–Crippen LogP) is 0.909. The monoisotopic (exact) mass is 243 g/mol. The molecule has 0 aliphatic heterocycles. The second kappa shape index (κ2) is 7.03. The first-order valence-corrected chi connectivity index (χ1v) is 5.21. The van der Waals surface area contributed by atoms with Crippen LogP contribution < -0.4 is 10.6 Å². The summed E-state index contributed by atoms with van der Waals surface area (Å²) in [4.78, 5) is 15.3. The van der Waals surface area contributed by atoms with Gasteiger partial charge in [0.1, 0.15) is 5.82 Å². The van der Waals surface area contributed by atoms with Gasteiger partial charge in [0.2, 0.25) is 5.91 Å². The van der Waals surface area contributed by atoms with Crippen molar-refractivity contribution in [3.05, 3.63) is 23.4 Å². The summed E-state index contributed by atoms with van der Waals surface area (Å²) >= 11 is 5.68. The molecule has 5 nitrogen and oxygen atoms in total. The summed E-state index contributed by atoms with van der Waals surface area (Å²) in [7, 11) is 1.59. The van der Waals surface area contributed by atoms with Gasteiger partial charge in [-0.2, -0.15) is 0 Å². The topological polar surface area (TPSA) is 63.2 Å². The van der Waals surface area contributed by atoms with Gasteiger partial charge in [-0.3, -0.25) is 4.79 Å². The maximum Gasteiger partial charge on any atom is 0.239 e. The number of methoxy groups -OCH3 is 1. The fourth-order valence-electron chi connectivity index (χ4n) is 1.01. The standard InChI is InChI=1S/C10H14ClN3O2/c1-16-5-4-12-10(15)7-14-9-3-2-8(11)6-13-9/h2-3,6H,4-5,7H2,1H3,(H,12,15)(H,13,14). The Bertz CT molecular complexity index is 329. The number of amides is 1. The van der Waals surface area contributed by atoms with E-state index in [1.807, 2.05) is 0 Å². The number of halogens is 1. The number of carbonyl (C=O) groups excluding carboxylic acids is 1. The zero-order chi connectivity index (χ0) is 11.8. The van der Waals surface area contributed by atoms with Crippen molar-refractivity contribution in [2.45, 2.75) is 0 Å². The van der Waals surface area contributed by atoms with Gasteiger partial charge in [0.15, 0.2) is 0 Å². The lowest BCUT2D eigenvalue weighted by molar-refractivity contribution is -0.119. The first kappa shape index (κ1) is 12.7. The lowest BCUT2D eigenvalue weighted by atomic mass is 10.4. The molecule has 88 valence electrons. The van der Waals surface area contributed by atoms with E-state index in [4.69, 9.17) is 16.3 Å². The van der Waals surface area contributed by atoms with Gasteiger partial charge in [-0.1, -0.05) is 11.6 Å². The number of anilines is 1. The van der Waals surface area contributed by atoms with E-state index in [-0.39, 0.29) is 12.5 Å². The molecule has 0 unspecified atom stereocenters. The molecule has 0 spiro atoms. The van der Waals surface area contributed by atoms with Gasteiger partial charge in [-0.15, -0.1) is 0 Å². The Labute approximate surface area is 99.2 Å². The Morgan fingerprint density at radius 2 is 2.38 bits per heavy atom. The van der Waals surface area contributed by atoms with Gasteiger partial charge in [0.05, 0.1) is 18.2 Å². The van der Waals surface area contributed by atoms with E-state index >= 15 is 0 Å². The Hall–Kier alpha value is -1.33. The van der Waals surface area contributed by atoms with Gasteiger partial charge in [0.25, 0.3) is 0 Å². The molecule has 1 aromatic rings. The number of hydrogen-bond donors (Lipinski definition) is 2. The molecule has 0 fully saturated rings. The molecule has 0 atom stereocenters. The summed E-state index contributed by atoms with van der Waals surface area (Å²) in [6.07, 6.45) is 1.52. The maximum absolute atomic E-state index is 11.3. The minimum atomic E-state index is -0.103. The quantitative estimate of drug-likeness (QED) is 0.729. The molecule has 0 aliphatic rings. The van der Waals surface area contributed by atoms with Crippen molar-refractivity contribution in [2.24, 2.45) is 0 Å².